The van der Waals surface area contributed by atoms with Crippen LogP contribution < -0.4 is 16.0 Å². The molecule has 0 aromatic heterocycles. The zero-order valence-corrected chi connectivity index (χ0v) is 11.7. The molecule has 0 aliphatic rings. The summed E-state index contributed by atoms with van der Waals surface area (Å²) in [6.07, 6.45) is 0.947. The van der Waals surface area contributed by atoms with Crippen LogP contribution in [-0.4, -0.2) is 7.11 Å². The topological polar surface area (TPSA) is 47.3 Å². The van der Waals surface area contributed by atoms with Crippen molar-refractivity contribution in [1.29, 1.82) is 0 Å². The van der Waals surface area contributed by atoms with Crippen LogP contribution in [-0.2, 0) is 6.42 Å². The standard InChI is InChI=1S/C16H19FN2O/c1-3-11-5-4-6-12(9-11)16(19-18)13-7-8-15(20-2)14(17)10-13/h4-10,16,19H,3,18H2,1-2H3. The summed E-state index contributed by atoms with van der Waals surface area (Å²) in [5.41, 5.74) is 5.74. The van der Waals surface area contributed by atoms with Gasteiger partial charge in [0.2, 0.25) is 0 Å². The van der Waals surface area contributed by atoms with Crippen molar-refractivity contribution in [3.63, 3.8) is 0 Å². The molecule has 1 unspecified atom stereocenters. The smallest absolute Gasteiger partial charge is 0.165 e. The quantitative estimate of drug-likeness (QED) is 0.651. The number of benzene rings is 2. The molecule has 0 aliphatic heterocycles. The lowest BCUT2D eigenvalue weighted by molar-refractivity contribution is 0.385. The van der Waals surface area contributed by atoms with Gasteiger partial charge in [-0.3, -0.25) is 5.84 Å². The summed E-state index contributed by atoms with van der Waals surface area (Å²) in [6.45, 7) is 2.09. The van der Waals surface area contributed by atoms with Gasteiger partial charge in [0.15, 0.2) is 11.6 Å². The molecule has 20 heavy (non-hydrogen) atoms. The van der Waals surface area contributed by atoms with Crippen molar-refractivity contribution in [2.24, 2.45) is 5.84 Å². The monoisotopic (exact) mass is 274 g/mol. The molecule has 0 radical (unpaired) electrons. The van der Waals surface area contributed by atoms with Crippen molar-refractivity contribution in [3.05, 3.63) is 65.0 Å². The van der Waals surface area contributed by atoms with Gasteiger partial charge in [-0.15, -0.1) is 0 Å². The summed E-state index contributed by atoms with van der Waals surface area (Å²) in [5.74, 6) is 5.48. The molecule has 4 heteroatoms. The predicted octanol–water partition coefficient (Wildman–Crippen LogP) is 2.95. The molecule has 3 nitrogen and oxygen atoms in total. The maximum absolute atomic E-state index is 13.8. The van der Waals surface area contributed by atoms with Crippen LogP contribution in [0.4, 0.5) is 4.39 Å². The SMILES string of the molecule is CCc1cccc(C(NN)c2ccc(OC)c(F)c2)c1. The third-order valence-electron chi connectivity index (χ3n) is 3.37. The molecule has 3 N–H and O–H groups in total. The Bertz CT molecular complexity index is 586. The summed E-state index contributed by atoms with van der Waals surface area (Å²) in [5, 5.41) is 0. The van der Waals surface area contributed by atoms with Gasteiger partial charge in [0.05, 0.1) is 13.2 Å². The van der Waals surface area contributed by atoms with E-state index in [-0.39, 0.29) is 11.8 Å². The second-order valence-corrected chi connectivity index (χ2v) is 4.59. The lowest BCUT2D eigenvalue weighted by atomic mass is 9.97. The van der Waals surface area contributed by atoms with Crippen LogP contribution in [0, 0.1) is 5.82 Å². The highest BCUT2D eigenvalue weighted by Gasteiger charge is 2.15. The van der Waals surface area contributed by atoms with Crippen LogP contribution in [0.5, 0.6) is 5.75 Å². The summed E-state index contributed by atoms with van der Waals surface area (Å²) < 4.78 is 18.7. The van der Waals surface area contributed by atoms with Crippen molar-refractivity contribution < 1.29 is 9.13 Å². The third-order valence-corrected chi connectivity index (χ3v) is 3.37. The summed E-state index contributed by atoms with van der Waals surface area (Å²) in [4.78, 5) is 0. The molecule has 2 rings (SSSR count). The number of nitrogens with one attached hydrogen (secondary N) is 1. The molecule has 2 aromatic rings. The van der Waals surface area contributed by atoms with Gasteiger partial charge in [-0.1, -0.05) is 37.3 Å². The van der Waals surface area contributed by atoms with Crippen molar-refractivity contribution in [3.8, 4) is 5.75 Å². The van der Waals surface area contributed by atoms with Gasteiger partial charge in [0.1, 0.15) is 0 Å². The van der Waals surface area contributed by atoms with Gasteiger partial charge in [-0.25, -0.2) is 9.82 Å². The van der Waals surface area contributed by atoms with Crippen molar-refractivity contribution in [2.75, 3.05) is 7.11 Å². The number of ether oxygens (including phenoxy) is 1. The molecule has 2 aromatic carbocycles. The van der Waals surface area contributed by atoms with Crippen molar-refractivity contribution >= 4 is 0 Å². The summed E-state index contributed by atoms with van der Waals surface area (Å²) in [6, 6.07) is 12.7. The van der Waals surface area contributed by atoms with Gasteiger partial charge in [0.25, 0.3) is 0 Å². The molecule has 0 amide bonds. The number of methoxy groups -OCH3 is 1. The Kier molecular flexibility index (Phi) is 4.71. The number of rotatable bonds is 5. The van der Waals surface area contributed by atoms with Gasteiger partial charge in [-0.05, 0) is 35.2 Å². The largest absolute Gasteiger partial charge is 0.494 e. The first-order valence-electron chi connectivity index (χ1n) is 6.58. The highest BCUT2D eigenvalue weighted by Crippen LogP contribution is 2.26. The first-order chi connectivity index (χ1) is 9.69. The Morgan fingerprint density at radius 3 is 2.55 bits per heavy atom. The molecule has 0 saturated heterocycles. The van der Waals surface area contributed by atoms with E-state index < -0.39 is 5.82 Å². The van der Waals surface area contributed by atoms with Crippen LogP contribution in [0.25, 0.3) is 0 Å². The van der Waals surface area contributed by atoms with E-state index >= 15 is 0 Å². The number of hydrogen-bond acceptors (Lipinski definition) is 3. The maximum Gasteiger partial charge on any atom is 0.165 e. The predicted molar refractivity (Wildman–Crippen MR) is 77.9 cm³/mol. The number of nitrogens with two attached hydrogens (primary N) is 1. The normalized spacial score (nSPS) is 12.2. The Hall–Kier alpha value is -1.91. The zero-order chi connectivity index (χ0) is 14.5. The second-order valence-electron chi connectivity index (χ2n) is 4.59. The average molecular weight is 274 g/mol. The minimum absolute atomic E-state index is 0.229. The van der Waals surface area contributed by atoms with Crippen LogP contribution >= 0.6 is 0 Å². The first-order valence-corrected chi connectivity index (χ1v) is 6.58. The number of aryl methyl sites for hydroxylation is 1. The van der Waals surface area contributed by atoms with Crippen LogP contribution in [0.2, 0.25) is 0 Å². The van der Waals surface area contributed by atoms with Gasteiger partial charge >= 0.3 is 0 Å². The number of halogens is 1. The molecule has 1 atom stereocenters. The fraction of sp³-hybridized carbons (Fsp3) is 0.250. The minimum Gasteiger partial charge on any atom is -0.494 e. The average Bonchev–Trinajstić information content (AvgIpc) is 2.48. The molecule has 0 heterocycles. The molecule has 0 saturated carbocycles. The number of hydrogen-bond donors (Lipinski definition) is 2. The van der Waals surface area contributed by atoms with E-state index in [1.54, 1.807) is 6.07 Å². The highest BCUT2D eigenvalue weighted by molar-refractivity contribution is 5.37. The van der Waals surface area contributed by atoms with E-state index in [0.29, 0.717) is 0 Å². The van der Waals surface area contributed by atoms with Crippen molar-refractivity contribution in [2.45, 2.75) is 19.4 Å². The van der Waals surface area contributed by atoms with E-state index in [1.165, 1.54) is 18.7 Å². The van der Waals surface area contributed by atoms with Crippen LogP contribution in [0.1, 0.15) is 29.7 Å². The van der Waals surface area contributed by atoms with Crippen LogP contribution in [0.15, 0.2) is 42.5 Å². The van der Waals surface area contributed by atoms with E-state index in [1.807, 2.05) is 18.2 Å². The van der Waals surface area contributed by atoms with Crippen molar-refractivity contribution in [1.82, 2.24) is 5.43 Å². The Balaban J connectivity index is 2.38. The van der Waals surface area contributed by atoms with E-state index in [9.17, 15) is 4.39 Å². The summed E-state index contributed by atoms with van der Waals surface area (Å²) in [7, 11) is 1.45. The van der Waals surface area contributed by atoms with Crippen LogP contribution in [0.3, 0.4) is 0 Å². The molecule has 0 bridgehead atoms. The molecule has 0 spiro atoms. The third kappa shape index (κ3) is 2.98. The number of hydrazine groups is 1. The van der Waals surface area contributed by atoms with E-state index in [4.69, 9.17) is 10.6 Å². The fourth-order valence-electron chi connectivity index (χ4n) is 2.24. The Morgan fingerprint density at radius 2 is 1.95 bits per heavy atom. The Labute approximate surface area is 118 Å². The summed E-state index contributed by atoms with van der Waals surface area (Å²) >= 11 is 0. The van der Waals surface area contributed by atoms with Gasteiger partial charge in [-0.2, -0.15) is 0 Å². The van der Waals surface area contributed by atoms with Gasteiger partial charge in [0, 0.05) is 0 Å². The molecule has 0 fully saturated rings. The molecule has 0 aliphatic carbocycles. The van der Waals surface area contributed by atoms with E-state index in [0.717, 1.165) is 17.5 Å². The molecular formula is C16H19FN2O. The lowest BCUT2D eigenvalue weighted by Crippen LogP contribution is -2.29. The second kappa shape index (κ2) is 6.50. The fourth-order valence-corrected chi connectivity index (χ4v) is 2.24. The highest BCUT2D eigenvalue weighted by atomic mass is 19.1. The minimum atomic E-state index is -0.392. The first kappa shape index (κ1) is 14.5. The molecule has 106 valence electrons. The van der Waals surface area contributed by atoms with E-state index in [2.05, 4.69) is 24.5 Å². The Morgan fingerprint density at radius 1 is 1.20 bits per heavy atom. The maximum atomic E-state index is 13.8. The molecular weight excluding hydrogens is 255 g/mol. The van der Waals surface area contributed by atoms with Gasteiger partial charge < -0.3 is 4.74 Å². The lowest BCUT2D eigenvalue weighted by Gasteiger charge is -2.18. The zero-order valence-electron chi connectivity index (χ0n) is 11.7.